The Labute approximate surface area is 151 Å². The SMILES string of the molecule is CCc1ccc(NC(=O)CCC(=O)OCc2ccccc2[N+](=O)[O-])cc1. The van der Waals surface area contributed by atoms with Gasteiger partial charge < -0.3 is 10.1 Å². The first-order valence-corrected chi connectivity index (χ1v) is 8.26. The number of amides is 1. The number of para-hydroxylation sites is 1. The predicted molar refractivity (Wildman–Crippen MR) is 96.6 cm³/mol. The first-order valence-electron chi connectivity index (χ1n) is 8.26. The maximum Gasteiger partial charge on any atom is 0.306 e. The second-order valence-corrected chi connectivity index (χ2v) is 5.65. The largest absolute Gasteiger partial charge is 0.461 e. The van der Waals surface area contributed by atoms with Gasteiger partial charge >= 0.3 is 5.97 Å². The summed E-state index contributed by atoms with van der Waals surface area (Å²) >= 11 is 0. The Morgan fingerprint density at radius 1 is 1.08 bits per heavy atom. The van der Waals surface area contributed by atoms with E-state index >= 15 is 0 Å². The van der Waals surface area contributed by atoms with E-state index in [0.717, 1.165) is 6.42 Å². The Balaban J connectivity index is 1.77. The number of rotatable bonds is 8. The van der Waals surface area contributed by atoms with Gasteiger partial charge in [-0.3, -0.25) is 19.7 Å². The van der Waals surface area contributed by atoms with Gasteiger partial charge in [-0.15, -0.1) is 0 Å². The van der Waals surface area contributed by atoms with Gasteiger partial charge in [0.25, 0.3) is 5.69 Å². The Morgan fingerprint density at radius 3 is 2.42 bits per heavy atom. The molecule has 136 valence electrons. The van der Waals surface area contributed by atoms with Gasteiger partial charge in [0.05, 0.1) is 16.9 Å². The molecule has 0 atom stereocenters. The van der Waals surface area contributed by atoms with Crippen LogP contribution < -0.4 is 5.32 Å². The average Bonchev–Trinajstić information content (AvgIpc) is 2.65. The van der Waals surface area contributed by atoms with Crippen LogP contribution in [0.3, 0.4) is 0 Å². The number of nitrogens with zero attached hydrogens (tertiary/aromatic N) is 1. The fourth-order valence-electron chi connectivity index (χ4n) is 2.30. The van der Waals surface area contributed by atoms with E-state index in [1.807, 2.05) is 31.2 Å². The lowest BCUT2D eigenvalue weighted by Crippen LogP contribution is -2.14. The first kappa shape index (κ1) is 19.1. The van der Waals surface area contributed by atoms with Crippen molar-refractivity contribution in [1.82, 2.24) is 0 Å². The van der Waals surface area contributed by atoms with Crippen molar-refractivity contribution in [2.75, 3.05) is 5.32 Å². The first-order chi connectivity index (χ1) is 12.5. The summed E-state index contributed by atoms with van der Waals surface area (Å²) in [5.41, 5.74) is 2.04. The third-order valence-electron chi connectivity index (χ3n) is 3.78. The highest BCUT2D eigenvalue weighted by atomic mass is 16.6. The zero-order chi connectivity index (χ0) is 18.9. The van der Waals surface area contributed by atoms with Gasteiger partial charge in [0.15, 0.2) is 0 Å². The second kappa shape index (κ2) is 9.31. The van der Waals surface area contributed by atoms with Gasteiger partial charge in [-0.05, 0) is 30.2 Å². The molecule has 7 nitrogen and oxygen atoms in total. The van der Waals surface area contributed by atoms with Gasteiger partial charge in [0.1, 0.15) is 6.61 Å². The molecule has 2 aromatic rings. The molecular weight excluding hydrogens is 336 g/mol. The summed E-state index contributed by atoms with van der Waals surface area (Å²) in [6, 6.07) is 13.5. The number of carbonyl (C=O) groups is 2. The molecule has 0 unspecified atom stereocenters. The van der Waals surface area contributed by atoms with Crippen LogP contribution in [-0.4, -0.2) is 16.8 Å². The molecule has 0 fully saturated rings. The van der Waals surface area contributed by atoms with E-state index in [2.05, 4.69) is 5.32 Å². The molecule has 0 aliphatic rings. The number of hydrogen-bond donors (Lipinski definition) is 1. The molecule has 1 amide bonds. The van der Waals surface area contributed by atoms with E-state index in [4.69, 9.17) is 4.74 Å². The number of nitrogens with one attached hydrogen (secondary N) is 1. The van der Waals surface area contributed by atoms with Crippen molar-refractivity contribution in [3.8, 4) is 0 Å². The maximum atomic E-state index is 11.9. The minimum Gasteiger partial charge on any atom is -0.461 e. The zero-order valence-corrected chi connectivity index (χ0v) is 14.4. The molecule has 0 saturated heterocycles. The monoisotopic (exact) mass is 356 g/mol. The van der Waals surface area contributed by atoms with Crippen LogP contribution in [0.5, 0.6) is 0 Å². The molecular formula is C19H20N2O5. The lowest BCUT2D eigenvalue weighted by molar-refractivity contribution is -0.385. The zero-order valence-electron chi connectivity index (χ0n) is 14.4. The van der Waals surface area contributed by atoms with Crippen LogP contribution in [0.1, 0.15) is 30.9 Å². The molecule has 0 heterocycles. The standard InChI is InChI=1S/C19H20N2O5/c1-2-14-7-9-16(10-8-14)20-18(22)11-12-19(23)26-13-15-5-3-4-6-17(15)21(24)25/h3-10H,2,11-13H2,1H3,(H,20,22). The Kier molecular flexibility index (Phi) is 6.84. The molecule has 2 aromatic carbocycles. The third-order valence-corrected chi connectivity index (χ3v) is 3.78. The molecule has 0 aliphatic carbocycles. The van der Waals surface area contributed by atoms with Crippen LogP contribution in [0.4, 0.5) is 11.4 Å². The molecule has 7 heteroatoms. The summed E-state index contributed by atoms with van der Waals surface area (Å²) in [4.78, 5) is 34.0. The third kappa shape index (κ3) is 5.70. The highest BCUT2D eigenvalue weighted by Gasteiger charge is 2.15. The van der Waals surface area contributed by atoms with Gasteiger partial charge in [-0.25, -0.2) is 0 Å². The number of esters is 1. The summed E-state index contributed by atoms with van der Waals surface area (Å²) in [5, 5.41) is 13.6. The van der Waals surface area contributed by atoms with Gasteiger partial charge in [-0.2, -0.15) is 0 Å². The highest BCUT2D eigenvalue weighted by Crippen LogP contribution is 2.18. The van der Waals surface area contributed by atoms with E-state index in [9.17, 15) is 19.7 Å². The van der Waals surface area contributed by atoms with Crippen LogP contribution in [0.2, 0.25) is 0 Å². The van der Waals surface area contributed by atoms with Crippen molar-refractivity contribution < 1.29 is 19.2 Å². The number of ether oxygens (including phenoxy) is 1. The number of anilines is 1. The molecule has 2 rings (SSSR count). The molecule has 0 saturated carbocycles. The van der Waals surface area contributed by atoms with Crippen molar-refractivity contribution in [2.24, 2.45) is 0 Å². The highest BCUT2D eigenvalue weighted by molar-refractivity contribution is 5.92. The number of nitro groups is 1. The Hall–Kier alpha value is -3.22. The molecule has 0 radical (unpaired) electrons. The van der Waals surface area contributed by atoms with Gasteiger partial charge in [0, 0.05) is 18.2 Å². The second-order valence-electron chi connectivity index (χ2n) is 5.65. The van der Waals surface area contributed by atoms with Gasteiger partial charge in [0.2, 0.25) is 5.91 Å². The minimum atomic E-state index is -0.584. The van der Waals surface area contributed by atoms with Crippen molar-refractivity contribution >= 4 is 23.3 Å². The average molecular weight is 356 g/mol. The van der Waals surface area contributed by atoms with E-state index in [1.54, 1.807) is 12.1 Å². The summed E-state index contributed by atoms with van der Waals surface area (Å²) in [5.74, 6) is -0.878. The molecule has 0 aliphatic heterocycles. The van der Waals surface area contributed by atoms with Crippen LogP contribution in [-0.2, 0) is 27.4 Å². The molecule has 26 heavy (non-hydrogen) atoms. The number of nitro benzene ring substituents is 1. The van der Waals surface area contributed by atoms with Gasteiger partial charge in [-0.1, -0.05) is 31.2 Å². The van der Waals surface area contributed by atoms with Crippen LogP contribution in [0.25, 0.3) is 0 Å². The summed E-state index contributed by atoms with van der Waals surface area (Å²) < 4.78 is 5.03. The smallest absolute Gasteiger partial charge is 0.306 e. The lowest BCUT2D eigenvalue weighted by atomic mass is 10.1. The van der Waals surface area contributed by atoms with Crippen molar-refractivity contribution in [1.29, 1.82) is 0 Å². The van der Waals surface area contributed by atoms with Crippen molar-refractivity contribution in [2.45, 2.75) is 32.8 Å². The lowest BCUT2D eigenvalue weighted by Gasteiger charge is -2.07. The van der Waals surface area contributed by atoms with E-state index in [1.165, 1.54) is 17.7 Å². The quantitative estimate of drug-likeness (QED) is 0.442. The molecule has 1 N–H and O–H groups in total. The molecule has 0 aromatic heterocycles. The Bertz CT molecular complexity index is 787. The van der Waals surface area contributed by atoms with E-state index < -0.39 is 10.9 Å². The summed E-state index contributed by atoms with van der Waals surface area (Å²) in [6.07, 6.45) is 0.796. The number of benzene rings is 2. The topological polar surface area (TPSA) is 98.5 Å². The Morgan fingerprint density at radius 2 is 1.77 bits per heavy atom. The normalized spacial score (nSPS) is 10.2. The van der Waals surface area contributed by atoms with E-state index in [0.29, 0.717) is 11.3 Å². The fraction of sp³-hybridized carbons (Fsp3) is 0.263. The van der Waals surface area contributed by atoms with Crippen LogP contribution >= 0.6 is 0 Å². The number of aryl methyl sites for hydroxylation is 1. The number of hydrogen-bond acceptors (Lipinski definition) is 5. The molecule has 0 spiro atoms. The molecule has 0 bridgehead atoms. The fourth-order valence-corrected chi connectivity index (χ4v) is 2.30. The van der Waals surface area contributed by atoms with E-state index in [-0.39, 0.29) is 31.0 Å². The minimum absolute atomic E-state index is 0.0226. The van der Waals surface area contributed by atoms with Crippen molar-refractivity contribution in [3.05, 3.63) is 69.8 Å². The van der Waals surface area contributed by atoms with Crippen LogP contribution in [0.15, 0.2) is 48.5 Å². The number of carbonyl (C=O) groups excluding carboxylic acids is 2. The summed E-state index contributed by atoms with van der Waals surface area (Å²) in [6.45, 7) is 1.85. The van der Waals surface area contributed by atoms with Crippen LogP contribution in [0, 0.1) is 10.1 Å². The van der Waals surface area contributed by atoms with Crippen molar-refractivity contribution in [3.63, 3.8) is 0 Å². The maximum absolute atomic E-state index is 11.9. The predicted octanol–water partition coefficient (Wildman–Crippen LogP) is 3.62. The summed E-state index contributed by atoms with van der Waals surface area (Å²) in [7, 11) is 0.